The maximum absolute atomic E-state index is 11.6. The smallest absolute Gasteiger partial charge is 0.434 e. The third-order valence-corrected chi connectivity index (χ3v) is 6.75. The number of rotatable bonds is 28. The van der Waals surface area contributed by atoms with E-state index in [4.69, 9.17) is 9.47 Å². The number of ether oxygens (including phenoxy) is 2. The number of unbranched alkanes of at least 4 members (excludes halogenated alkanes) is 20. The van der Waals surface area contributed by atoms with Gasteiger partial charge in [0, 0.05) is 0 Å². The monoisotopic (exact) mass is 506 g/mol. The van der Waals surface area contributed by atoms with Crippen molar-refractivity contribution in [3.8, 4) is 0 Å². The molecule has 0 bridgehead atoms. The van der Waals surface area contributed by atoms with Crippen LogP contribution in [-0.2, 0) is 9.47 Å². The molecule has 0 aromatic rings. The average Bonchev–Trinajstić information content (AvgIpc) is 2.88. The first-order valence-electron chi connectivity index (χ1n) is 15.9. The fourth-order valence-electron chi connectivity index (χ4n) is 4.33. The Labute approximate surface area is 225 Å². The number of carbonyl (C=O) groups excluding carboxylic acids is 1. The van der Waals surface area contributed by atoms with Gasteiger partial charge >= 0.3 is 6.16 Å². The average molecular weight is 507 g/mol. The summed E-state index contributed by atoms with van der Waals surface area (Å²) in [4.78, 5) is 11.6. The van der Waals surface area contributed by atoms with Gasteiger partial charge in [-0.3, -0.25) is 0 Å². The van der Waals surface area contributed by atoms with Crippen molar-refractivity contribution in [3.63, 3.8) is 0 Å². The van der Waals surface area contributed by atoms with Crippen molar-refractivity contribution in [3.05, 3.63) is 24.3 Å². The molecular weight excluding hydrogens is 444 g/mol. The summed E-state index contributed by atoms with van der Waals surface area (Å²) in [6.07, 6.45) is 39.1. The van der Waals surface area contributed by atoms with Gasteiger partial charge in [-0.1, -0.05) is 134 Å². The molecule has 212 valence electrons. The van der Waals surface area contributed by atoms with Crippen LogP contribution in [0.5, 0.6) is 0 Å². The van der Waals surface area contributed by atoms with E-state index in [1.807, 2.05) is 0 Å². The first kappa shape index (κ1) is 34.8. The molecule has 0 rings (SSSR count). The molecule has 0 atom stereocenters. The molecule has 0 aliphatic rings. The van der Waals surface area contributed by atoms with Gasteiger partial charge in [-0.05, 0) is 57.8 Å². The minimum absolute atomic E-state index is 0.488. The summed E-state index contributed by atoms with van der Waals surface area (Å²) in [5.74, 6) is 0. The van der Waals surface area contributed by atoms with Crippen LogP contribution in [0, 0.1) is 0 Å². The lowest BCUT2D eigenvalue weighted by atomic mass is 10.1. The molecule has 0 aromatic carbocycles. The van der Waals surface area contributed by atoms with Gasteiger partial charge in [0.15, 0.2) is 0 Å². The van der Waals surface area contributed by atoms with Crippen molar-refractivity contribution in [1.82, 2.24) is 0 Å². The Bertz CT molecular complexity index is 483. The molecule has 0 unspecified atom stereocenters. The molecule has 0 N–H and O–H groups in total. The second-order valence-electron chi connectivity index (χ2n) is 10.4. The highest BCUT2D eigenvalue weighted by Crippen LogP contribution is 2.11. The van der Waals surface area contributed by atoms with E-state index >= 15 is 0 Å². The lowest BCUT2D eigenvalue weighted by Gasteiger charge is -2.06. The Morgan fingerprint density at radius 3 is 1.11 bits per heavy atom. The molecule has 0 spiro atoms. The fraction of sp³-hybridized carbons (Fsp3) is 0.848. The van der Waals surface area contributed by atoms with E-state index in [9.17, 15) is 4.79 Å². The molecule has 0 aliphatic heterocycles. The van der Waals surface area contributed by atoms with E-state index in [0.717, 1.165) is 25.7 Å². The summed E-state index contributed by atoms with van der Waals surface area (Å²) in [6.45, 7) is 5.50. The van der Waals surface area contributed by atoms with Crippen LogP contribution < -0.4 is 0 Å². The van der Waals surface area contributed by atoms with Crippen molar-refractivity contribution in [1.29, 1.82) is 0 Å². The number of hydrogen-bond acceptors (Lipinski definition) is 3. The minimum Gasteiger partial charge on any atom is -0.434 e. The van der Waals surface area contributed by atoms with Crippen LogP contribution >= 0.6 is 0 Å². The molecule has 3 nitrogen and oxygen atoms in total. The topological polar surface area (TPSA) is 35.5 Å². The lowest BCUT2D eigenvalue weighted by Crippen LogP contribution is -2.09. The Morgan fingerprint density at radius 2 is 0.722 bits per heavy atom. The Morgan fingerprint density at radius 1 is 0.417 bits per heavy atom. The third-order valence-electron chi connectivity index (χ3n) is 6.75. The second-order valence-corrected chi connectivity index (χ2v) is 10.4. The maximum atomic E-state index is 11.6. The van der Waals surface area contributed by atoms with E-state index < -0.39 is 6.16 Å². The third kappa shape index (κ3) is 30.8. The zero-order valence-electron chi connectivity index (χ0n) is 24.4. The summed E-state index contributed by atoms with van der Waals surface area (Å²) < 4.78 is 10.4. The van der Waals surface area contributed by atoms with E-state index in [1.165, 1.54) is 128 Å². The molecule has 0 aromatic heterocycles. The normalized spacial score (nSPS) is 11.6. The van der Waals surface area contributed by atoms with Crippen LogP contribution in [0.2, 0.25) is 0 Å². The zero-order chi connectivity index (χ0) is 26.2. The van der Waals surface area contributed by atoms with E-state index in [1.54, 1.807) is 0 Å². The summed E-state index contributed by atoms with van der Waals surface area (Å²) in [6, 6.07) is 0. The van der Waals surface area contributed by atoms with Crippen LogP contribution in [0.15, 0.2) is 24.3 Å². The van der Waals surface area contributed by atoms with Crippen LogP contribution in [-0.4, -0.2) is 19.4 Å². The predicted molar refractivity (Wildman–Crippen MR) is 158 cm³/mol. The summed E-state index contributed by atoms with van der Waals surface area (Å²) >= 11 is 0. The predicted octanol–water partition coefficient (Wildman–Crippen LogP) is 11.7. The Kier molecular flexibility index (Phi) is 30.7. The van der Waals surface area contributed by atoms with Crippen LogP contribution in [0.25, 0.3) is 0 Å². The Balaban J connectivity index is 3.21. The molecule has 36 heavy (non-hydrogen) atoms. The number of allylic oxidation sites excluding steroid dienone is 4. The summed E-state index contributed by atoms with van der Waals surface area (Å²) in [5.41, 5.74) is 0. The second kappa shape index (κ2) is 31.8. The van der Waals surface area contributed by atoms with E-state index in [2.05, 4.69) is 38.2 Å². The highest BCUT2D eigenvalue weighted by molar-refractivity contribution is 5.59. The van der Waals surface area contributed by atoms with Crippen molar-refractivity contribution in [2.75, 3.05) is 13.2 Å². The van der Waals surface area contributed by atoms with Gasteiger partial charge in [0.25, 0.3) is 0 Å². The van der Waals surface area contributed by atoms with Gasteiger partial charge in [0.05, 0.1) is 13.2 Å². The number of hydrogen-bond donors (Lipinski definition) is 0. The molecular formula is C33H62O3. The van der Waals surface area contributed by atoms with Crippen LogP contribution in [0.3, 0.4) is 0 Å². The van der Waals surface area contributed by atoms with Crippen molar-refractivity contribution < 1.29 is 14.3 Å². The van der Waals surface area contributed by atoms with Crippen molar-refractivity contribution in [2.45, 2.75) is 168 Å². The first-order chi connectivity index (χ1) is 17.8. The van der Waals surface area contributed by atoms with Crippen molar-refractivity contribution >= 4 is 6.16 Å². The van der Waals surface area contributed by atoms with Crippen LogP contribution in [0.1, 0.15) is 168 Å². The molecule has 0 saturated heterocycles. The maximum Gasteiger partial charge on any atom is 0.508 e. The molecule has 0 radical (unpaired) electrons. The molecule has 0 amide bonds. The van der Waals surface area contributed by atoms with Gasteiger partial charge in [0.1, 0.15) is 0 Å². The van der Waals surface area contributed by atoms with Crippen LogP contribution in [0.4, 0.5) is 4.79 Å². The van der Waals surface area contributed by atoms with Gasteiger partial charge in [-0.25, -0.2) is 4.79 Å². The Hall–Kier alpha value is -1.25. The highest BCUT2D eigenvalue weighted by Gasteiger charge is 2.03. The molecule has 0 fully saturated rings. The summed E-state index contributed by atoms with van der Waals surface area (Å²) in [5, 5.41) is 0. The lowest BCUT2D eigenvalue weighted by molar-refractivity contribution is 0.0529. The zero-order valence-corrected chi connectivity index (χ0v) is 24.4. The first-order valence-corrected chi connectivity index (χ1v) is 15.9. The minimum atomic E-state index is -0.488. The van der Waals surface area contributed by atoms with E-state index in [0.29, 0.717) is 13.2 Å². The molecule has 0 heterocycles. The fourth-order valence-corrected chi connectivity index (χ4v) is 4.33. The highest BCUT2D eigenvalue weighted by atomic mass is 16.7. The SMILES string of the molecule is CCCC/C=C\CCCCCCCCOC(=O)OCCCCCCCC/C=C/CCCCCCCC. The van der Waals surface area contributed by atoms with Gasteiger partial charge in [-0.15, -0.1) is 0 Å². The summed E-state index contributed by atoms with van der Waals surface area (Å²) in [7, 11) is 0. The number of carbonyl (C=O) groups is 1. The molecule has 0 saturated carbocycles. The molecule has 3 heteroatoms. The quantitative estimate of drug-likeness (QED) is 0.0601. The molecule has 0 aliphatic carbocycles. The van der Waals surface area contributed by atoms with E-state index in [-0.39, 0.29) is 0 Å². The van der Waals surface area contributed by atoms with Crippen molar-refractivity contribution in [2.24, 2.45) is 0 Å². The van der Waals surface area contributed by atoms with Gasteiger partial charge in [-0.2, -0.15) is 0 Å². The van der Waals surface area contributed by atoms with Gasteiger partial charge in [0.2, 0.25) is 0 Å². The standard InChI is InChI=1S/C33H62O3/c1-3-5-7-9-11-13-15-17-18-19-20-22-24-26-28-30-32-36-33(34)35-31-29-27-25-23-21-16-14-12-10-8-6-4-2/h10,12,17-18H,3-9,11,13-16,19-32H2,1-2H3/b12-10-,18-17+. The largest absolute Gasteiger partial charge is 0.508 e. The van der Waals surface area contributed by atoms with Gasteiger partial charge < -0.3 is 9.47 Å².